The first-order valence-corrected chi connectivity index (χ1v) is 5.65. The van der Waals surface area contributed by atoms with Gasteiger partial charge >= 0.3 is 0 Å². The Morgan fingerprint density at radius 3 is 2.75 bits per heavy atom. The van der Waals surface area contributed by atoms with Gasteiger partial charge in [0.2, 0.25) is 0 Å². The molecular formula is C9H15Cl2N. The lowest BCUT2D eigenvalue weighted by atomic mass is 9.75. The average Bonchev–Trinajstić information content (AvgIpc) is 2.12. The fourth-order valence-corrected chi connectivity index (χ4v) is 3.20. The Morgan fingerprint density at radius 2 is 1.92 bits per heavy atom. The van der Waals surface area contributed by atoms with Gasteiger partial charge in [-0.2, -0.15) is 0 Å². The summed E-state index contributed by atoms with van der Waals surface area (Å²) >= 11 is 12.4. The van der Waals surface area contributed by atoms with Crippen LogP contribution in [0, 0.1) is 11.8 Å². The molecule has 70 valence electrons. The lowest BCUT2D eigenvalue weighted by molar-refractivity contribution is 0.192. The van der Waals surface area contributed by atoms with Gasteiger partial charge in [-0.05, 0) is 44.2 Å². The maximum Gasteiger partial charge on any atom is 0.0542 e. The highest BCUT2D eigenvalue weighted by molar-refractivity contribution is 6.30. The third-order valence-corrected chi connectivity index (χ3v) is 4.49. The van der Waals surface area contributed by atoms with E-state index >= 15 is 0 Å². The first kappa shape index (κ1) is 9.11. The number of hydrogen-bond donors (Lipinski definition) is 1. The van der Waals surface area contributed by atoms with Crippen LogP contribution in [0.3, 0.4) is 0 Å². The highest BCUT2D eigenvalue weighted by Gasteiger charge is 2.38. The fourth-order valence-electron chi connectivity index (χ4n) is 2.47. The second-order valence-electron chi connectivity index (χ2n) is 3.95. The molecule has 12 heavy (non-hydrogen) atoms. The molecule has 0 bridgehead atoms. The zero-order valence-electron chi connectivity index (χ0n) is 7.10. The fraction of sp³-hybridized carbons (Fsp3) is 1.00. The molecule has 1 saturated heterocycles. The number of fused-ring (bicyclic) bond motifs is 1. The van der Waals surface area contributed by atoms with E-state index in [1.54, 1.807) is 0 Å². The van der Waals surface area contributed by atoms with Crippen molar-refractivity contribution in [3.05, 3.63) is 0 Å². The van der Waals surface area contributed by atoms with Crippen LogP contribution < -0.4 is 5.32 Å². The van der Waals surface area contributed by atoms with Crippen LogP contribution in [-0.2, 0) is 0 Å². The Labute approximate surface area is 83.8 Å². The monoisotopic (exact) mass is 207 g/mol. The van der Waals surface area contributed by atoms with E-state index in [0.29, 0.717) is 5.92 Å². The van der Waals surface area contributed by atoms with Crippen molar-refractivity contribution in [2.45, 2.75) is 30.0 Å². The van der Waals surface area contributed by atoms with E-state index in [4.69, 9.17) is 23.2 Å². The average molecular weight is 208 g/mol. The molecule has 2 aliphatic rings. The number of alkyl halides is 2. The zero-order valence-corrected chi connectivity index (χ0v) is 8.61. The molecular weight excluding hydrogens is 193 g/mol. The van der Waals surface area contributed by atoms with E-state index in [1.807, 2.05) is 0 Å². The molecule has 1 aliphatic carbocycles. The third kappa shape index (κ3) is 1.59. The van der Waals surface area contributed by atoms with Crippen LogP contribution >= 0.6 is 23.2 Å². The minimum absolute atomic E-state index is 0.193. The predicted octanol–water partition coefficient (Wildman–Crippen LogP) is 2.22. The van der Waals surface area contributed by atoms with Gasteiger partial charge in [-0.3, -0.25) is 0 Å². The molecule has 2 rings (SSSR count). The van der Waals surface area contributed by atoms with Crippen LogP contribution in [-0.4, -0.2) is 23.8 Å². The van der Waals surface area contributed by atoms with E-state index in [9.17, 15) is 0 Å². The molecule has 0 spiro atoms. The molecule has 1 heterocycles. The van der Waals surface area contributed by atoms with E-state index in [1.165, 1.54) is 12.8 Å². The Morgan fingerprint density at radius 1 is 1.08 bits per heavy atom. The van der Waals surface area contributed by atoms with Crippen LogP contribution in [0.4, 0.5) is 0 Å². The summed E-state index contributed by atoms with van der Waals surface area (Å²) in [7, 11) is 0. The minimum Gasteiger partial charge on any atom is -0.316 e. The Hall–Kier alpha value is 0.540. The number of nitrogens with one attached hydrogen (secondary N) is 1. The quantitative estimate of drug-likeness (QED) is 0.602. The lowest BCUT2D eigenvalue weighted by Crippen LogP contribution is -2.46. The zero-order chi connectivity index (χ0) is 8.55. The maximum atomic E-state index is 6.27. The molecule has 1 nitrogen and oxygen atoms in total. The second-order valence-corrected chi connectivity index (χ2v) is 5.02. The molecule has 3 heteroatoms. The Bertz CT molecular complexity index is 161. The van der Waals surface area contributed by atoms with Crippen molar-refractivity contribution in [3.63, 3.8) is 0 Å². The summed E-state index contributed by atoms with van der Waals surface area (Å²) in [6, 6.07) is 0. The standard InChI is InChI=1S/C9H15Cl2N/c10-8-2-1-6-3-4-12-5-7(6)9(8)11/h6-9,12H,1-5H2. The van der Waals surface area contributed by atoms with Gasteiger partial charge in [0.05, 0.1) is 10.8 Å². The van der Waals surface area contributed by atoms with Crippen LogP contribution in [0.15, 0.2) is 0 Å². The van der Waals surface area contributed by atoms with E-state index in [0.717, 1.165) is 25.4 Å². The first-order valence-electron chi connectivity index (χ1n) is 4.78. The summed E-state index contributed by atoms with van der Waals surface area (Å²) in [5, 5.41) is 3.79. The summed E-state index contributed by atoms with van der Waals surface area (Å²) in [5.41, 5.74) is 0. The largest absolute Gasteiger partial charge is 0.316 e. The summed E-state index contributed by atoms with van der Waals surface area (Å²) in [4.78, 5) is 0. The number of halogens is 2. The van der Waals surface area contributed by atoms with Crippen LogP contribution in [0.25, 0.3) is 0 Å². The van der Waals surface area contributed by atoms with Gasteiger partial charge in [-0.15, -0.1) is 23.2 Å². The summed E-state index contributed by atoms with van der Waals surface area (Å²) in [6.45, 7) is 2.24. The van der Waals surface area contributed by atoms with Gasteiger partial charge in [-0.1, -0.05) is 0 Å². The van der Waals surface area contributed by atoms with E-state index in [2.05, 4.69) is 5.32 Å². The Balaban J connectivity index is 2.03. The molecule has 0 aromatic rings. The first-order chi connectivity index (χ1) is 5.79. The Kier molecular flexibility index (Phi) is 2.83. The maximum absolute atomic E-state index is 6.27. The van der Waals surface area contributed by atoms with Gasteiger partial charge < -0.3 is 5.32 Å². The molecule has 0 radical (unpaired) electrons. The number of hydrogen-bond acceptors (Lipinski definition) is 1. The molecule has 4 unspecified atom stereocenters. The van der Waals surface area contributed by atoms with Gasteiger partial charge in [0.1, 0.15) is 0 Å². The van der Waals surface area contributed by atoms with Gasteiger partial charge in [-0.25, -0.2) is 0 Å². The molecule has 0 aromatic carbocycles. The van der Waals surface area contributed by atoms with E-state index in [-0.39, 0.29) is 10.8 Å². The van der Waals surface area contributed by atoms with Gasteiger partial charge in [0.25, 0.3) is 0 Å². The molecule has 4 atom stereocenters. The highest BCUT2D eigenvalue weighted by atomic mass is 35.5. The van der Waals surface area contributed by atoms with Crippen molar-refractivity contribution in [3.8, 4) is 0 Å². The smallest absolute Gasteiger partial charge is 0.0542 e. The van der Waals surface area contributed by atoms with Crippen LogP contribution in [0.2, 0.25) is 0 Å². The van der Waals surface area contributed by atoms with Crippen molar-refractivity contribution < 1.29 is 0 Å². The normalized spacial score (nSPS) is 48.5. The van der Waals surface area contributed by atoms with Crippen LogP contribution in [0.1, 0.15) is 19.3 Å². The van der Waals surface area contributed by atoms with Crippen molar-refractivity contribution in [1.29, 1.82) is 0 Å². The van der Waals surface area contributed by atoms with Crippen LogP contribution in [0.5, 0.6) is 0 Å². The second kappa shape index (κ2) is 3.73. The topological polar surface area (TPSA) is 12.0 Å². The van der Waals surface area contributed by atoms with Crippen molar-refractivity contribution in [2.24, 2.45) is 11.8 Å². The highest BCUT2D eigenvalue weighted by Crippen LogP contribution is 2.39. The third-order valence-electron chi connectivity index (χ3n) is 3.25. The minimum atomic E-state index is 0.193. The molecule has 1 aliphatic heterocycles. The number of piperidine rings is 1. The summed E-state index contributed by atoms with van der Waals surface area (Å²) < 4.78 is 0. The van der Waals surface area contributed by atoms with Crippen molar-refractivity contribution in [2.75, 3.05) is 13.1 Å². The predicted molar refractivity (Wildman–Crippen MR) is 53.0 cm³/mol. The summed E-state index contributed by atoms with van der Waals surface area (Å²) in [5.74, 6) is 1.46. The molecule has 0 aromatic heterocycles. The van der Waals surface area contributed by atoms with Gasteiger partial charge in [0, 0.05) is 0 Å². The van der Waals surface area contributed by atoms with Gasteiger partial charge in [0.15, 0.2) is 0 Å². The van der Waals surface area contributed by atoms with E-state index < -0.39 is 0 Å². The molecule has 0 amide bonds. The van der Waals surface area contributed by atoms with Crippen molar-refractivity contribution in [1.82, 2.24) is 5.32 Å². The summed E-state index contributed by atoms with van der Waals surface area (Å²) in [6.07, 6.45) is 3.68. The number of rotatable bonds is 0. The molecule has 2 fully saturated rings. The molecule has 1 saturated carbocycles. The lowest BCUT2D eigenvalue weighted by Gasteiger charge is -2.41. The SMILES string of the molecule is ClC1CCC2CCNCC2C1Cl. The van der Waals surface area contributed by atoms with Crippen molar-refractivity contribution >= 4 is 23.2 Å². The molecule has 1 N–H and O–H groups in total.